The van der Waals surface area contributed by atoms with Crippen molar-refractivity contribution in [1.82, 2.24) is 0 Å². The molecule has 17 heavy (non-hydrogen) atoms. The summed E-state index contributed by atoms with van der Waals surface area (Å²) in [6.07, 6.45) is 2.22. The summed E-state index contributed by atoms with van der Waals surface area (Å²) in [5, 5.41) is 0. The first kappa shape index (κ1) is 17.2. The Labute approximate surface area is 111 Å². The summed E-state index contributed by atoms with van der Waals surface area (Å²) in [7, 11) is 1.67. The van der Waals surface area contributed by atoms with E-state index in [2.05, 4.69) is 13.8 Å². The molecule has 0 fully saturated rings. The maximum Gasteiger partial charge on any atom is 0.0701 e. The van der Waals surface area contributed by atoms with E-state index in [1.54, 1.807) is 7.11 Å². The van der Waals surface area contributed by atoms with Crippen LogP contribution >= 0.6 is 11.6 Å². The molecular weight excluding hydrogens is 240 g/mol. The lowest BCUT2D eigenvalue weighted by atomic mass is 9.96. The van der Waals surface area contributed by atoms with E-state index >= 15 is 0 Å². The van der Waals surface area contributed by atoms with Gasteiger partial charge < -0.3 is 14.2 Å². The van der Waals surface area contributed by atoms with Gasteiger partial charge in [-0.05, 0) is 24.7 Å². The molecule has 0 bridgehead atoms. The molecule has 4 heteroatoms. The second kappa shape index (κ2) is 12.6. The molecule has 0 radical (unpaired) electrons. The molecule has 0 aliphatic heterocycles. The van der Waals surface area contributed by atoms with Crippen molar-refractivity contribution < 1.29 is 14.2 Å². The molecule has 0 amide bonds. The van der Waals surface area contributed by atoms with Gasteiger partial charge in [-0.25, -0.2) is 0 Å². The van der Waals surface area contributed by atoms with Crippen LogP contribution in [0.2, 0.25) is 0 Å². The number of alkyl halides is 1. The van der Waals surface area contributed by atoms with Gasteiger partial charge in [0.15, 0.2) is 0 Å². The van der Waals surface area contributed by atoms with Gasteiger partial charge >= 0.3 is 0 Å². The molecule has 0 spiro atoms. The van der Waals surface area contributed by atoms with Crippen LogP contribution in [-0.2, 0) is 14.2 Å². The average Bonchev–Trinajstić information content (AvgIpc) is 2.30. The molecule has 0 saturated carbocycles. The normalized spacial score (nSPS) is 13.2. The van der Waals surface area contributed by atoms with Crippen molar-refractivity contribution in [2.45, 2.75) is 26.7 Å². The first-order valence-electron chi connectivity index (χ1n) is 6.41. The molecule has 0 aromatic rings. The Balaban J connectivity index is 3.25. The summed E-state index contributed by atoms with van der Waals surface area (Å²) in [5.41, 5.74) is 0. The van der Waals surface area contributed by atoms with E-state index in [0.29, 0.717) is 38.3 Å². The SMILES string of the molecule is COCCOCCOCCC(CCl)CC(C)C. The fraction of sp³-hybridized carbons (Fsp3) is 1.00. The highest BCUT2D eigenvalue weighted by Crippen LogP contribution is 2.16. The molecule has 0 aromatic carbocycles. The van der Waals surface area contributed by atoms with Gasteiger partial charge in [0.25, 0.3) is 0 Å². The van der Waals surface area contributed by atoms with Crippen molar-refractivity contribution in [3.8, 4) is 0 Å². The number of halogens is 1. The van der Waals surface area contributed by atoms with E-state index in [4.69, 9.17) is 25.8 Å². The third-order valence-electron chi connectivity index (χ3n) is 2.50. The van der Waals surface area contributed by atoms with Crippen LogP contribution in [0.25, 0.3) is 0 Å². The van der Waals surface area contributed by atoms with Crippen molar-refractivity contribution >= 4 is 11.6 Å². The van der Waals surface area contributed by atoms with Crippen LogP contribution in [0, 0.1) is 11.8 Å². The van der Waals surface area contributed by atoms with Gasteiger partial charge in [-0.1, -0.05) is 13.8 Å². The molecule has 0 N–H and O–H groups in total. The van der Waals surface area contributed by atoms with E-state index in [-0.39, 0.29) is 0 Å². The zero-order valence-corrected chi connectivity index (χ0v) is 12.2. The Morgan fingerprint density at radius 1 is 0.941 bits per heavy atom. The van der Waals surface area contributed by atoms with Crippen LogP contribution in [-0.4, -0.2) is 46.0 Å². The standard InChI is InChI=1S/C13H27ClO3/c1-12(2)10-13(11-14)4-5-16-8-9-17-7-6-15-3/h12-13H,4-11H2,1-3H3. The third kappa shape index (κ3) is 12.4. The van der Waals surface area contributed by atoms with E-state index in [1.165, 1.54) is 6.42 Å². The van der Waals surface area contributed by atoms with Gasteiger partial charge in [-0.15, -0.1) is 11.6 Å². The molecule has 104 valence electrons. The molecule has 0 saturated heterocycles. The lowest BCUT2D eigenvalue weighted by Crippen LogP contribution is -2.13. The fourth-order valence-corrected chi connectivity index (χ4v) is 1.92. The van der Waals surface area contributed by atoms with Crippen molar-refractivity contribution in [3.05, 3.63) is 0 Å². The minimum absolute atomic E-state index is 0.575. The molecule has 3 nitrogen and oxygen atoms in total. The number of hydrogen-bond donors (Lipinski definition) is 0. The van der Waals surface area contributed by atoms with Crippen LogP contribution in [0.5, 0.6) is 0 Å². The first-order chi connectivity index (χ1) is 8.20. The highest BCUT2D eigenvalue weighted by molar-refractivity contribution is 6.18. The molecular formula is C13H27ClO3. The Morgan fingerprint density at radius 2 is 1.53 bits per heavy atom. The summed E-state index contributed by atoms with van der Waals surface area (Å²) in [4.78, 5) is 0. The van der Waals surface area contributed by atoms with Crippen LogP contribution in [0.3, 0.4) is 0 Å². The van der Waals surface area contributed by atoms with Gasteiger partial charge in [0.1, 0.15) is 0 Å². The van der Waals surface area contributed by atoms with Gasteiger partial charge in [-0.3, -0.25) is 0 Å². The minimum atomic E-state index is 0.575. The molecule has 0 rings (SSSR count). The number of hydrogen-bond acceptors (Lipinski definition) is 3. The molecule has 0 aliphatic rings. The monoisotopic (exact) mass is 266 g/mol. The Bertz CT molecular complexity index is 154. The Hall–Kier alpha value is 0.170. The van der Waals surface area contributed by atoms with E-state index in [1.807, 2.05) is 0 Å². The summed E-state index contributed by atoms with van der Waals surface area (Å²) in [5.74, 6) is 2.01. The number of methoxy groups -OCH3 is 1. The van der Waals surface area contributed by atoms with E-state index in [0.717, 1.165) is 18.9 Å². The van der Waals surface area contributed by atoms with Crippen LogP contribution < -0.4 is 0 Å². The zero-order valence-electron chi connectivity index (χ0n) is 11.4. The van der Waals surface area contributed by atoms with Gasteiger partial charge in [-0.2, -0.15) is 0 Å². The summed E-state index contributed by atoms with van der Waals surface area (Å²) >= 11 is 5.91. The smallest absolute Gasteiger partial charge is 0.0701 e. The molecule has 1 unspecified atom stereocenters. The molecule has 0 aromatic heterocycles. The first-order valence-corrected chi connectivity index (χ1v) is 6.94. The topological polar surface area (TPSA) is 27.7 Å². The van der Waals surface area contributed by atoms with E-state index in [9.17, 15) is 0 Å². The maximum atomic E-state index is 5.91. The predicted octanol–water partition coefficient (Wildman–Crippen LogP) is 2.96. The highest BCUT2D eigenvalue weighted by atomic mass is 35.5. The second-order valence-electron chi connectivity index (χ2n) is 4.66. The quantitative estimate of drug-likeness (QED) is 0.402. The van der Waals surface area contributed by atoms with E-state index < -0.39 is 0 Å². The second-order valence-corrected chi connectivity index (χ2v) is 4.96. The third-order valence-corrected chi connectivity index (χ3v) is 2.93. The van der Waals surface area contributed by atoms with Gasteiger partial charge in [0.2, 0.25) is 0 Å². The van der Waals surface area contributed by atoms with Crippen LogP contribution in [0.1, 0.15) is 26.7 Å². The number of ether oxygens (including phenoxy) is 3. The van der Waals surface area contributed by atoms with Crippen LogP contribution in [0.15, 0.2) is 0 Å². The Morgan fingerprint density at radius 3 is 2.06 bits per heavy atom. The zero-order chi connectivity index (χ0) is 12.9. The number of rotatable bonds is 12. The van der Waals surface area contributed by atoms with Crippen LogP contribution in [0.4, 0.5) is 0 Å². The highest BCUT2D eigenvalue weighted by Gasteiger charge is 2.09. The van der Waals surface area contributed by atoms with Gasteiger partial charge in [0, 0.05) is 19.6 Å². The molecule has 1 atom stereocenters. The summed E-state index contributed by atoms with van der Waals surface area (Å²) < 4.78 is 15.7. The Kier molecular flexibility index (Phi) is 12.7. The fourth-order valence-electron chi connectivity index (χ4n) is 1.64. The minimum Gasteiger partial charge on any atom is -0.382 e. The molecule has 0 heterocycles. The summed E-state index contributed by atoms with van der Waals surface area (Å²) in [6.45, 7) is 7.80. The van der Waals surface area contributed by atoms with Gasteiger partial charge in [0.05, 0.1) is 26.4 Å². The lowest BCUT2D eigenvalue weighted by molar-refractivity contribution is 0.0219. The van der Waals surface area contributed by atoms with Crippen molar-refractivity contribution in [2.75, 3.05) is 46.0 Å². The van der Waals surface area contributed by atoms with Crippen molar-refractivity contribution in [1.29, 1.82) is 0 Å². The molecule has 0 aliphatic carbocycles. The largest absolute Gasteiger partial charge is 0.382 e. The lowest BCUT2D eigenvalue weighted by Gasteiger charge is -2.16. The predicted molar refractivity (Wildman–Crippen MR) is 71.8 cm³/mol. The van der Waals surface area contributed by atoms with Crippen molar-refractivity contribution in [2.24, 2.45) is 11.8 Å². The average molecular weight is 267 g/mol. The van der Waals surface area contributed by atoms with Crippen molar-refractivity contribution in [3.63, 3.8) is 0 Å². The summed E-state index contributed by atoms with van der Waals surface area (Å²) in [6, 6.07) is 0. The maximum absolute atomic E-state index is 5.91.